The van der Waals surface area contributed by atoms with Gasteiger partial charge in [-0.3, -0.25) is 0 Å². The van der Waals surface area contributed by atoms with Crippen LogP contribution in [0.2, 0.25) is 0 Å². The summed E-state index contributed by atoms with van der Waals surface area (Å²) in [5.74, 6) is 0.834. The molecule has 0 aliphatic rings. The zero-order chi connectivity index (χ0) is 12.7. The maximum atomic E-state index is 12.2. The standard InChI is InChI=1S/C11H15FO4S/c1-2-15-10-4-6-11(7-5-10)16-8-3-9-17(12,13)14/h4-7H,2-3,8-9H2,1H3. The van der Waals surface area contributed by atoms with Gasteiger partial charge in [0.15, 0.2) is 0 Å². The van der Waals surface area contributed by atoms with E-state index in [4.69, 9.17) is 9.47 Å². The highest BCUT2D eigenvalue weighted by Gasteiger charge is 2.06. The van der Waals surface area contributed by atoms with E-state index in [0.717, 1.165) is 5.75 Å². The molecule has 0 bridgehead atoms. The van der Waals surface area contributed by atoms with E-state index in [-0.39, 0.29) is 13.0 Å². The average molecular weight is 262 g/mol. The summed E-state index contributed by atoms with van der Waals surface area (Å²) in [6.07, 6.45) is 0.131. The molecule has 0 aliphatic heterocycles. The Morgan fingerprint density at radius 2 is 1.65 bits per heavy atom. The Kier molecular flexibility index (Phi) is 5.21. The van der Waals surface area contributed by atoms with Gasteiger partial charge in [-0.1, -0.05) is 0 Å². The van der Waals surface area contributed by atoms with Crippen LogP contribution in [0, 0.1) is 0 Å². The Morgan fingerprint density at radius 1 is 1.12 bits per heavy atom. The highest BCUT2D eigenvalue weighted by molar-refractivity contribution is 7.86. The lowest BCUT2D eigenvalue weighted by Crippen LogP contribution is -2.05. The van der Waals surface area contributed by atoms with Gasteiger partial charge in [0.25, 0.3) is 0 Å². The third-order valence-electron chi connectivity index (χ3n) is 1.94. The topological polar surface area (TPSA) is 52.6 Å². The Hall–Kier alpha value is -1.30. The molecule has 0 saturated heterocycles. The molecular weight excluding hydrogens is 247 g/mol. The Bertz CT molecular complexity index is 427. The van der Waals surface area contributed by atoms with E-state index in [1.165, 1.54) is 0 Å². The molecule has 0 atom stereocenters. The molecule has 0 radical (unpaired) electrons. The lowest BCUT2D eigenvalue weighted by Gasteiger charge is -2.06. The first-order chi connectivity index (χ1) is 8.01. The summed E-state index contributed by atoms with van der Waals surface area (Å²) in [4.78, 5) is 0. The number of hydrogen-bond donors (Lipinski definition) is 0. The Labute approximate surface area is 101 Å². The van der Waals surface area contributed by atoms with Crippen molar-refractivity contribution in [1.82, 2.24) is 0 Å². The summed E-state index contributed by atoms with van der Waals surface area (Å²) in [5, 5.41) is 0. The zero-order valence-corrected chi connectivity index (χ0v) is 10.4. The summed E-state index contributed by atoms with van der Waals surface area (Å²) < 4.78 is 43.1. The van der Waals surface area contributed by atoms with Crippen molar-refractivity contribution in [2.45, 2.75) is 13.3 Å². The molecule has 1 aromatic rings. The second-order valence-electron chi connectivity index (χ2n) is 3.35. The van der Waals surface area contributed by atoms with Gasteiger partial charge >= 0.3 is 10.2 Å². The fraction of sp³-hybridized carbons (Fsp3) is 0.455. The van der Waals surface area contributed by atoms with Crippen LogP contribution in [0.1, 0.15) is 13.3 Å². The first-order valence-electron chi connectivity index (χ1n) is 5.29. The van der Waals surface area contributed by atoms with Crippen molar-refractivity contribution in [2.24, 2.45) is 0 Å². The van der Waals surface area contributed by atoms with Crippen LogP contribution in [0.3, 0.4) is 0 Å². The van der Waals surface area contributed by atoms with Crippen LogP contribution >= 0.6 is 0 Å². The highest BCUT2D eigenvalue weighted by atomic mass is 32.3. The van der Waals surface area contributed by atoms with Crippen molar-refractivity contribution in [3.63, 3.8) is 0 Å². The van der Waals surface area contributed by atoms with Gasteiger partial charge in [0.2, 0.25) is 0 Å². The quantitative estimate of drug-likeness (QED) is 0.558. The molecule has 0 unspecified atom stereocenters. The highest BCUT2D eigenvalue weighted by Crippen LogP contribution is 2.17. The minimum atomic E-state index is -4.39. The number of hydrogen-bond acceptors (Lipinski definition) is 4. The van der Waals surface area contributed by atoms with Crippen molar-refractivity contribution >= 4 is 10.2 Å². The molecule has 0 amide bonds. The van der Waals surface area contributed by atoms with Gasteiger partial charge in [0.05, 0.1) is 19.0 Å². The SMILES string of the molecule is CCOc1ccc(OCCCS(=O)(=O)F)cc1. The van der Waals surface area contributed by atoms with Crippen molar-refractivity contribution in [1.29, 1.82) is 0 Å². The van der Waals surface area contributed by atoms with Gasteiger partial charge in [-0.15, -0.1) is 3.89 Å². The molecule has 96 valence electrons. The molecule has 0 N–H and O–H groups in total. The monoisotopic (exact) mass is 262 g/mol. The summed E-state index contributed by atoms with van der Waals surface area (Å²) >= 11 is 0. The van der Waals surface area contributed by atoms with Crippen molar-refractivity contribution < 1.29 is 21.8 Å². The normalized spacial score (nSPS) is 11.2. The molecule has 17 heavy (non-hydrogen) atoms. The molecule has 4 nitrogen and oxygen atoms in total. The maximum Gasteiger partial charge on any atom is 0.302 e. The molecule has 1 rings (SSSR count). The molecular formula is C11H15FO4S. The van der Waals surface area contributed by atoms with Gasteiger partial charge in [-0.2, -0.15) is 8.42 Å². The third kappa shape index (κ3) is 6.11. The molecule has 0 aliphatic carbocycles. The number of rotatable bonds is 7. The smallest absolute Gasteiger partial charge is 0.302 e. The minimum Gasteiger partial charge on any atom is -0.494 e. The second kappa shape index (κ2) is 6.44. The lowest BCUT2D eigenvalue weighted by molar-refractivity contribution is 0.314. The molecule has 0 saturated carbocycles. The molecule has 0 heterocycles. The largest absolute Gasteiger partial charge is 0.494 e. The molecule has 0 spiro atoms. The zero-order valence-electron chi connectivity index (χ0n) is 9.56. The van der Waals surface area contributed by atoms with Crippen LogP contribution in [-0.2, 0) is 10.2 Å². The van der Waals surface area contributed by atoms with Gasteiger partial charge in [0, 0.05) is 0 Å². The predicted molar refractivity (Wildman–Crippen MR) is 62.6 cm³/mol. The number of halogens is 1. The molecule has 6 heteroatoms. The Morgan fingerprint density at radius 3 is 2.12 bits per heavy atom. The molecule has 0 aromatic heterocycles. The first kappa shape index (κ1) is 13.8. The second-order valence-corrected chi connectivity index (χ2v) is 4.84. The number of ether oxygens (including phenoxy) is 2. The fourth-order valence-electron chi connectivity index (χ4n) is 1.22. The first-order valence-corrected chi connectivity index (χ1v) is 6.84. The van der Waals surface area contributed by atoms with Crippen LogP contribution in [0.25, 0.3) is 0 Å². The molecule has 0 fully saturated rings. The lowest BCUT2D eigenvalue weighted by atomic mass is 10.3. The van der Waals surface area contributed by atoms with Gasteiger partial charge < -0.3 is 9.47 Å². The summed E-state index contributed by atoms with van der Waals surface area (Å²) in [5.41, 5.74) is 0. The van der Waals surface area contributed by atoms with Crippen LogP contribution < -0.4 is 9.47 Å². The van der Waals surface area contributed by atoms with Crippen molar-refractivity contribution in [3.05, 3.63) is 24.3 Å². The van der Waals surface area contributed by atoms with Gasteiger partial charge in [-0.05, 0) is 37.6 Å². The van der Waals surface area contributed by atoms with E-state index in [1.54, 1.807) is 24.3 Å². The van der Waals surface area contributed by atoms with Crippen LogP contribution in [0.4, 0.5) is 3.89 Å². The van der Waals surface area contributed by atoms with E-state index in [0.29, 0.717) is 12.4 Å². The summed E-state index contributed by atoms with van der Waals surface area (Å²) in [7, 11) is -4.39. The minimum absolute atomic E-state index is 0.131. The maximum absolute atomic E-state index is 12.2. The van der Waals surface area contributed by atoms with E-state index < -0.39 is 16.0 Å². The fourth-order valence-corrected chi connectivity index (χ4v) is 1.68. The average Bonchev–Trinajstić information content (AvgIpc) is 2.26. The van der Waals surface area contributed by atoms with Crippen LogP contribution in [0.5, 0.6) is 11.5 Å². The Balaban J connectivity index is 2.32. The number of benzene rings is 1. The summed E-state index contributed by atoms with van der Waals surface area (Å²) in [6, 6.07) is 6.94. The third-order valence-corrected chi connectivity index (χ3v) is 2.71. The van der Waals surface area contributed by atoms with Crippen LogP contribution in [-0.4, -0.2) is 27.4 Å². The summed E-state index contributed by atoms with van der Waals surface area (Å²) in [6.45, 7) is 2.65. The van der Waals surface area contributed by atoms with E-state index in [1.807, 2.05) is 6.92 Å². The van der Waals surface area contributed by atoms with Gasteiger partial charge in [-0.25, -0.2) is 0 Å². The van der Waals surface area contributed by atoms with Gasteiger partial charge in [0.1, 0.15) is 11.5 Å². The van der Waals surface area contributed by atoms with E-state index in [2.05, 4.69) is 0 Å². The van der Waals surface area contributed by atoms with E-state index >= 15 is 0 Å². The van der Waals surface area contributed by atoms with Crippen molar-refractivity contribution in [3.8, 4) is 11.5 Å². The van der Waals surface area contributed by atoms with Crippen molar-refractivity contribution in [2.75, 3.05) is 19.0 Å². The van der Waals surface area contributed by atoms with E-state index in [9.17, 15) is 12.3 Å². The van der Waals surface area contributed by atoms with Crippen LogP contribution in [0.15, 0.2) is 24.3 Å². The predicted octanol–water partition coefficient (Wildman–Crippen LogP) is 2.15. The molecule has 1 aromatic carbocycles.